The molecule has 0 fully saturated rings. The monoisotopic (exact) mass is 188 g/mol. The van der Waals surface area contributed by atoms with Gasteiger partial charge in [0.25, 0.3) is 0 Å². The topological polar surface area (TPSA) is 128 Å². The van der Waals surface area contributed by atoms with Crippen LogP contribution in [0.2, 0.25) is 0 Å². The van der Waals surface area contributed by atoms with Crippen molar-refractivity contribution >= 4 is 11.9 Å². The first-order valence-corrected chi connectivity index (χ1v) is 4.00. The molecule has 0 radical (unpaired) electrons. The Hall–Kier alpha value is -1.30. The minimum absolute atomic E-state index is 0.0106. The molecule has 6 nitrogen and oxygen atoms in total. The second kappa shape index (κ2) is 5.36. The molecular weight excluding hydrogens is 172 g/mol. The smallest absolute Gasteiger partial charge is 0.320 e. The quantitative estimate of drug-likeness (QED) is 0.319. The third-order valence-electron chi connectivity index (χ3n) is 1.58. The molecule has 0 bridgehead atoms. The molecule has 0 aliphatic heterocycles. The number of carboxylic acid groups (broad SMARTS) is 1. The molecule has 0 aromatic rings. The third kappa shape index (κ3) is 5.92. The molecule has 0 aromatic heterocycles. The van der Waals surface area contributed by atoms with Crippen molar-refractivity contribution in [3.63, 3.8) is 0 Å². The summed E-state index contributed by atoms with van der Waals surface area (Å²) in [5.74, 6) is -0.992. The number of nitrogens with zero attached hydrogens (tertiary/aromatic N) is 1. The number of guanidine groups is 1. The van der Waals surface area contributed by atoms with E-state index in [0.717, 1.165) is 0 Å². The van der Waals surface area contributed by atoms with Crippen molar-refractivity contribution in [2.75, 3.05) is 0 Å². The van der Waals surface area contributed by atoms with Gasteiger partial charge in [0.05, 0.1) is 6.04 Å². The second-order valence-corrected chi connectivity index (χ2v) is 2.93. The van der Waals surface area contributed by atoms with E-state index in [1.54, 1.807) is 6.92 Å². The van der Waals surface area contributed by atoms with Crippen LogP contribution in [0.1, 0.15) is 19.8 Å². The van der Waals surface area contributed by atoms with Crippen molar-refractivity contribution in [3.05, 3.63) is 0 Å². The van der Waals surface area contributed by atoms with E-state index >= 15 is 0 Å². The van der Waals surface area contributed by atoms with Crippen LogP contribution in [-0.4, -0.2) is 29.1 Å². The Labute approximate surface area is 76.8 Å². The standard InChI is InChI=1S/C7H16N4O2/c1-4(11-7(9)10)2-3-5(8)6(12)13/h4-5H,2-3,8H2,1H3,(H,12,13)(H4,9,10,11)/t4-,5-/m0/s1. The SMILES string of the molecule is C[C@@H](CC[C@H](N)C(=O)O)N=C(N)N. The van der Waals surface area contributed by atoms with Gasteiger partial charge in [0.2, 0.25) is 0 Å². The largest absolute Gasteiger partial charge is 0.480 e. The zero-order chi connectivity index (χ0) is 10.4. The van der Waals surface area contributed by atoms with Gasteiger partial charge in [0, 0.05) is 0 Å². The maximum Gasteiger partial charge on any atom is 0.320 e. The van der Waals surface area contributed by atoms with Crippen molar-refractivity contribution in [1.29, 1.82) is 0 Å². The molecule has 0 saturated carbocycles. The third-order valence-corrected chi connectivity index (χ3v) is 1.58. The highest BCUT2D eigenvalue weighted by Gasteiger charge is 2.12. The van der Waals surface area contributed by atoms with Gasteiger partial charge in [0.15, 0.2) is 5.96 Å². The number of carboxylic acids is 1. The minimum atomic E-state index is -1.00. The number of hydrogen-bond donors (Lipinski definition) is 4. The van der Waals surface area contributed by atoms with Gasteiger partial charge >= 0.3 is 5.97 Å². The zero-order valence-corrected chi connectivity index (χ0v) is 7.60. The van der Waals surface area contributed by atoms with Gasteiger partial charge in [-0.2, -0.15) is 0 Å². The number of nitrogens with two attached hydrogens (primary N) is 3. The summed E-state index contributed by atoms with van der Waals surface area (Å²) < 4.78 is 0. The summed E-state index contributed by atoms with van der Waals surface area (Å²) in [5, 5.41) is 8.47. The lowest BCUT2D eigenvalue weighted by molar-refractivity contribution is -0.138. The summed E-state index contributed by atoms with van der Waals surface area (Å²) in [6.07, 6.45) is 0.929. The van der Waals surface area contributed by atoms with Gasteiger partial charge in [-0.15, -0.1) is 0 Å². The molecule has 0 spiro atoms. The maximum atomic E-state index is 10.3. The Morgan fingerprint density at radius 1 is 1.46 bits per heavy atom. The van der Waals surface area contributed by atoms with Crippen LogP contribution in [0.3, 0.4) is 0 Å². The first-order valence-electron chi connectivity index (χ1n) is 4.00. The van der Waals surface area contributed by atoms with E-state index in [0.29, 0.717) is 12.8 Å². The first-order chi connectivity index (χ1) is 5.93. The van der Waals surface area contributed by atoms with Crippen LogP contribution in [0, 0.1) is 0 Å². The highest BCUT2D eigenvalue weighted by molar-refractivity contribution is 5.75. The number of rotatable bonds is 5. The molecule has 76 valence electrons. The Kier molecular flexibility index (Phi) is 4.83. The number of aliphatic imine (C=N–C) groups is 1. The maximum absolute atomic E-state index is 10.3. The lowest BCUT2D eigenvalue weighted by Crippen LogP contribution is -2.31. The summed E-state index contributed by atoms with van der Waals surface area (Å²) in [6.45, 7) is 1.80. The Morgan fingerprint density at radius 3 is 2.38 bits per heavy atom. The van der Waals surface area contributed by atoms with Crippen LogP contribution in [-0.2, 0) is 4.79 Å². The molecule has 0 rings (SSSR count). The summed E-state index contributed by atoms with van der Waals surface area (Å²) >= 11 is 0. The average molecular weight is 188 g/mol. The van der Waals surface area contributed by atoms with E-state index in [4.69, 9.17) is 22.3 Å². The summed E-state index contributed by atoms with van der Waals surface area (Å²) in [5.41, 5.74) is 15.6. The molecule has 0 saturated heterocycles. The highest BCUT2D eigenvalue weighted by atomic mass is 16.4. The molecule has 0 aliphatic carbocycles. The second-order valence-electron chi connectivity index (χ2n) is 2.93. The Bertz CT molecular complexity index is 201. The molecule has 0 unspecified atom stereocenters. The zero-order valence-electron chi connectivity index (χ0n) is 7.60. The molecule has 7 N–H and O–H groups in total. The molecule has 6 heteroatoms. The van der Waals surface area contributed by atoms with E-state index < -0.39 is 12.0 Å². The Balaban J connectivity index is 3.76. The summed E-state index contributed by atoms with van der Waals surface area (Å²) in [7, 11) is 0. The molecule has 0 aliphatic rings. The number of carbonyl (C=O) groups is 1. The average Bonchev–Trinajstić information content (AvgIpc) is 1.98. The van der Waals surface area contributed by atoms with Crippen LogP contribution in [0.25, 0.3) is 0 Å². The molecule has 0 amide bonds. The van der Waals surface area contributed by atoms with Crippen molar-refractivity contribution in [2.45, 2.75) is 31.8 Å². The van der Waals surface area contributed by atoms with Crippen molar-refractivity contribution in [1.82, 2.24) is 0 Å². The predicted molar refractivity (Wildman–Crippen MR) is 50.1 cm³/mol. The molecule has 0 aromatic carbocycles. The molecular formula is C7H16N4O2. The van der Waals surface area contributed by atoms with Crippen LogP contribution in [0.15, 0.2) is 4.99 Å². The fourth-order valence-corrected chi connectivity index (χ4v) is 0.863. The minimum Gasteiger partial charge on any atom is -0.480 e. The van der Waals surface area contributed by atoms with Crippen LogP contribution in [0.4, 0.5) is 0 Å². The fourth-order valence-electron chi connectivity index (χ4n) is 0.863. The van der Waals surface area contributed by atoms with Crippen molar-refractivity contribution in [2.24, 2.45) is 22.2 Å². The van der Waals surface area contributed by atoms with E-state index in [1.807, 2.05) is 0 Å². The van der Waals surface area contributed by atoms with Crippen LogP contribution >= 0.6 is 0 Å². The van der Waals surface area contributed by atoms with Gasteiger partial charge in [-0.3, -0.25) is 9.79 Å². The van der Waals surface area contributed by atoms with Gasteiger partial charge in [-0.1, -0.05) is 0 Å². The number of aliphatic carboxylic acids is 1. The van der Waals surface area contributed by atoms with Crippen molar-refractivity contribution < 1.29 is 9.90 Å². The van der Waals surface area contributed by atoms with E-state index in [2.05, 4.69) is 4.99 Å². The Morgan fingerprint density at radius 2 is 2.00 bits per heavy atom. The predicted octanol–water partition coefficient (Wildman–Crippen LogP) is -1.16. The van der Waals surface area contributed by atoms with Crippen LogP contribution < -0.4 is 17.2 Å². The van der Waals surface area contributed by atoms with Gasteiger partial charge in [-0.25, -0.2) is 0 Å². The lowest BCUT2D eigenvalue weighted by atomic mass is 10.1. The van der Waals surface area contributed by atoms with Gasteiger partial charge < -0.3 is 22.3 Å². The van der Waals surface area contributed by atoms with E-state index in [9.17, 15) is 4.79 Å². The molecule has 2 atom stereocenters. The van der Waals surface area contributed by atoms with E-state index in [1.165, 1.54) is 0 Å². The lowest BCUT2D eigenvalue weighted by Gasteiger charge is -2.09. The van der Waals surface area contributed by atoms with E-state index in [-0.39, 0.29) is 12.0 Å². The molecule has 13 heavy (non-hydrogen) atoms. The van der Waals surface area contributed by atoms with Gasteiger partial charge in [0.1, 0.15) is 6.04 Å². The highest BCUT2D eigenvalue weighted by Crippen LogP contribution is 2.03. The normalized spacial score (nSPS) is 14.6. The van der Waals surface area contributed by atoms with Crippen molar-refractivity contribution in [3.8, 4) is 0 Å². The number of hydrogen-bond acceptors (Lipinski definition) is 3. The van der Waals surface area contributed by atoms with Crippen LogP contribution in [0.5, 0.6) is 0 Å². The van der Waals surface area contributed by atoms with Gasteiger partial charge in [-0.05, 0) is 19.8 Å². The fraction of sp³-hybridized carbons (Fsp3) is 0.714. The summed E-state index contributed by atoms with van der Waals surface area (Å²) in [6, 6.07) is -0.924. The summed E-state index contributed by atoms with van der Waals surface area (Å²) in [4.78, 5) is 14.2. The first kappa shape index (κ1) is 11.7. The molecule has 0 heterocycles.